The van der Waals surface area contributed by atoms with Gasteiger partial charge < -0.3 is 14.2 Å². The molecule has 7 nitrogen and oxygen atoms in total. The lowest BCUT2D eigenvalue weighted by Gasteiger charge is -2.28. The highest BCUT2D eigenvalue weighted by Gasteiger charge is 2.31. The molecule has 2 amide bonds. The third-order valence-electron chi connectivity index (χ3n) is 1.99. The van der Waals surface area contributed by atoms with Crippen LogP contribution in [0, 0.1) is 0 Å². The zero-order valence-corrected chi connectivity index (χ0v) is 13.8. The molecule has 0 N–H and O–H groups in total. The fraction of sp³-hybridized carbons (Fsp3) is 0.786. The molecule has 0 bridgehead atoms. The molecule has 0 aliphatic heterocycles. The molecule has 0 unspecified atom stereocenters. The molecule has 0 radical (unpaired) electrons. The predicted molar refractivity (Wildman–Crippen MR) is 75.8 cm³/mol. The molecule has 0 spiro atoms. The quantitative estimate of drug-likeness (QED) is 0.589. The summed E-state index contributed by atoms with van der Waals surface area (Å²) in [6.45, 7) is 9.90. The summed E-state index contributed by atoms with van der Waals surface area (Å²) in [6, 6.07) is 0. The van der Waals surface area contributed by atoms with Gasteiger partial charge in [0.1, 0.15) is 11.2 Å². The van der Waals surface area contributed by atoms with Gasteiger partial charge >= 0.3 is 18.2 Å². The lowest BCUT2D eigenvalue weighted by Crippen LogP contribution is -2.44. The Kier molecular flexibility index (Phi) is 6.66. The van der Waals surface area contributed by atoms with Crippen LogP contribution in [0.5, 0.6) is 0 Å². The standard InChI is InChI=1S/C14H25NO6/c1-13(2,3)20-11(17)15(9-8-10(16)19-7)12(18)21-14(4,5)6/h8-9H2,1-7H3. The summed E-state index contributed by atoms with van der Waals surface area (Å²) in [5, 5.41) is 0. The number of carbonyl (C=O) groups excluding carboxylic acids is 3. The largest absolute Gasteiger partial charge is 0.469 e. The van der Waals surface area contributed by atoms with E-state index in [1.54, 1.807) is 41.5 Å². The fourth-order valence-corrected chi connectivity index (χ4v) is 1.20. The Hall–Kier alpha value is -1.79. The van der Waals surface area contributed by atoms with Gasteiger partial charge in [-0.2, -0.15) is 0 Å². The van der Waals surface area contributed by atoms with Crippen LogP contribution in [0.25, 0.3) is 0 Å². The van der Waals surface area contributed by atoms with Crippen LogP contribution in [-0.4, -0.2) is 47.9 Å². The molecule has 0 heterocycles. The first-order valence-corrected chi connectivity index (χ1v) is 6.66. The molecular formula is C14H25NO6. The number of esters is 1. The monoisotopic (exact) mass is 303 g/mol. The van der Waals surface area contributed by atoms with Crippen LogP contribution in [0.4, 0.5) is 9.59 Å². The van der Waals surface area contributed by atoms with E-state index in [9.17, 15) is 14.4 Å². The molecule has 0 aromatic carbocycles. The highest BCUT2D eigenvalue weighted by Crippen LogP contribution is 2.14. The van der Waals surface area contributed by atoms with Gasteiger partial charge in [0, 0.05) is 6.54 Å². The van der Waals surface area contributed by atoms with Crippen LogP contribution in [0.3, 0.4) is 0 Å². The Labute approximate surface area is 125 Å². The number of rotatable bonds is 3. The summed E-state index contributed by atoms with van der Waals surface area (Å²) in [4.78, 5) is 36.0. The van der Waals surface area contributed by atoms with E-state index in [0.29, 0.717) is 0 Å². The number of imide groups is 1. The average molecular weight is 303 g/mol. The molecule has 0 saturated carbocycles. The molecule has 0 atom stereocenters. The number of hydrogen-bond donors (Lipinski definition) is 0. The lowest BCUT2D eigenvalue weighted by molar-refractivity contribution is -0.140. The van der Waals surface area contributed by atoms with E-state index in [1.165, 1.54) is 7.11 Å². The maximum atomic E-state index is 12.0. The Balaban J connectivity index is 4.95. The van der Waals surface area contributed by atoms with Crippen molar-refractivity contribution in [2.24, 2.45) is 0 Å². The van der Waals surface area contributed by atoms with Crippen LogP contribution in [-0.2, 0) is 19.0 Å². The molecule has 0 fully saturated rings. The molecule has 122 valence electrons. The van der Waals surface area contributed by atoms with Crippen molar-refractivity contribution >= 4 is 18.2 Å². The van der Waals surface area contributed by atoms with Crippen LogP contribution in [0.2, 0.25) is 0 Å². The summed E-state index contributed by atoms with van der Waals surface area (Å²) in [5.41, 5.74) is -1.52. The number of hydrogen-bond acceptors (Lipinski definition) is 6. The molecule has 7 heteroatoms. The third kappa shape index (κ3) is 8.88. The topological polar surface area (TPSA) is 82.1 Å². The van der Waals surface area contributed by atoms with E-state index in [-0.39, 0.29) is 13.0 Å². The van der Waals surface area contributed by atoms with Crippen molar-refractivity contribution in [1.29, 1.82) is 0 Å². The number of ether oxygens (including phenoxy) is 3. The fourth-order valence-electron chi connectivity index (χ4n) is 1.20. The SMILES string of the molecule is COC(=O)CCN(C(=O)OC(C)(C)C)C(=O)OC(C)(C)C. The molecule has 0 aliphatic carbocycles. The Morgan fingerprint density at radius 1 is 0.857 bits per heavy atom. The summed E-state index contributed by atoms with van der Waals surface area (Å²) in [6.07, 6.45) is -1.85. The minimum Gasteiger partial charge on any atom is -0.469 e. The number of methoxy groups -OCH3 is 1. The van der Waals surface area contributed by atoms with E-state index in [1.807, 2.05) is 0 Å². The van der Waals surface area contributed by atoms with Crippen molar-refractivity contribution in [3.8, 4) is 0 Å². The summed E-state index contributed by atoms with van der Waals surface area (Å²) < 4.78 is 14.8. The van der Waals surface area contributed by atoms with Crippen molar-refractivity contribution in [2.45, 2.75) is 59.2 Å². The molecule has 21 heavy (non-hydrogen) atoms. The van der Waals surface area contributed by atoms with Crippen molar-refractivity contribution in [2.75, 3.05) is 13.7 Å². The number of carbonyl (C=O) groups is 3. The van der Waals surface area contributed by atoms with Gasteiger partial charge in [0.2, 0.25) is 0 Å². The van der Waals surface area contributed by atoms with Crippen molar-refractivity contribution in [3.63, 3.8) is 0 Å². The van der Waals surface area contributed by atoms with E-state index in [0.717, 1.165) is 4.90 Å². The van der Waals surface area contributed by atoms with Gasteiger partial charge in [-0.25, -0.2) is 14.5 Å². The van der Waals surface area contributed by atoms with Gasteiger partial charge in [0.15, 0.2) is 0 Å². The van der Waals surface area contributed by atoms with Crippen molar-refractivity contribution in [3.05, 3.63) is 0 Å². The maximum Gasteiger partial charge on any atom is 0.419 e. The highest BCUT2D eigenvalue weighted by molar-refractivity contribution is 5.88. The van der Waals surface area contributed by atoms with E-state index >= 15 is 0 Å². The Bertz CT molecular complexity index is 363. The summed E-state index contributed by atoms with van der Waals surface area (Å²) in [5.74, 6) is -0.535. The molecule has 0 aromatic rings. The average Bonchev–Trinajstić information content (AvgIpc) is 2.23. The minimum atomic E-state index is -0.861. The van der Waals surface area contributed by atoms with Crippen LogP contribution in [0.1, 0.15) is 48.0 Å². The van der Waals surface area contributed by atoms with E-state index in [2.05, 4.69) is 4.74 Å². The normalized spacial score (nSPS) is 11.6. The van der Waals surface area contributed by atoms with Crippen LogP contribution >= 0.6 is 0 Å². The minimum absolute atomic E-state index is 0.130. The third-order valence-corrected chi connectivity index (χ3v) is 1.99. The molecule has 0 aromatic heterocycles. The first-order chi connectivity index (χ1) is 9.35. The second kappa shape index (κ2) is 7.28. The smallest absolute Gasteiger partial charge is 0.419 e. The zero-order valence-electron chi connectivity index (χ0n) is 13.8. The Morgan fingerprint density at radius 2 is 1.24 bits per heavy atom. The van der Waals surface area contributed by atoms with Crippen LogP contribution in [0.15, 0.2) is 0 Å². The predicted octanol–water partition coefficient (Wildman–Crippen LogP) is 2.72. The molecule has 0 saturated heterocycles. The van der Waals surface area contributed by atoms with Gasteiger partial charge in [-0.05, 0) is 41.5 Å². The van der Waals surface area contributed by atoms with Crippen LogP contribution < -0.4 is 0 Å². The first kappa shape index (κ1) is 19.2. The van der Waals surface area contributed by atoms with Gasteiger partial charge in [-0.1, -0.05) is 0 Å². The molecule has 0 rings (SSSR count). The summed E-state index contributed by atoms with van der Waals surface area (Å²) in [7, 11) is 1.23. The second-order valence-corrected chi connectivity index (χ2v) is 6.44. The van der Waals surface area contributed by atoms with Gasteiger partial charge in [0.25, 0.3) is 0 Å². The highest BCUT2D eigenvalue weighted by atomic mass is 16.6. The zero-order chi connectivity index (χ0) is 16.8. The first-order valence-electron chi connectivity index (χ1n) is 6.66. The molecular weight excluding hydrogens is 278 g/mol. The van der Waals surface area contributed by atoms with Crippen molar-refractivity contribution in [1.82, 2.24) is 4.90 Å². The van der Waals surface area contributed by atoms with Gasteiger partial charge in [0.05, 0.1) is 13.5 Å². The van der Waals surface area contributed by atoms with Gasteiger partial charge in [-0.3, -0.25) is 4.79 Å². The maximum absolute atomic E-state index is 12.0. The second-order valence-electron chi connectivity index (χ2n) is 6.44. The van der Waals surface area contributed by atoms with E-state index < -0.39 is 29.4 Å². The number of amides is 2. The Morgan fingerprint density at radius 3 is 1.52 bits per heavy atom. The van der Waals surface area contributed by atoms with E-state index in [4.69, 9.17) is 9.47 Å². The lowest BCUT2D eigenvalue weighted by atomic mass is 10.2. The van der Waals surface area contributed by atoms with Gasteiger partial charge in [-0.15, -0.1) is 0 Å². The van der Waals surface area contributed by atoms with Crippen molar-refractivity contribution < 1.29 is 28.6 Å². The number of nitrogens with zero attached hydrogens (tertiary/aromatic N) is 1. The molecule has 0 aliphatic rings. The summed E-state index contributed by atoms with van der Waals surface area (Å²) >= 11 is 0.